The number of carbonyl (C=O) groups excluding carboxylic acids is 1. The highest BCUT2D eigenvalue weighted by atomic mass is 19.1. The zero-order chi connectivity index (χ0) is 19.7. The van der Waals surface area contributed by atoms with Crippen LogP contribution in [0.5, 0.6) is 0 Å². The second-order valence-electron chi connectivity index (χ2n) is 6.92. The average molecular weight is 385 g/mol. The summed E-state index contributed by atoms with van der Waals surface area (Å²) in [5, 5.41) is 4.14. The summed E-state index contributed by atoms with van der Waals surface area (Å²) >= 11 is 0. The lowest BCUT2D eigenvalue weighted by Gasteiger charge is -2.25. The number of benzene rings is 1. The molecule has 1 aliphatic carbocycles. The zero-order valence-electron chi connectivity index (χ0n) is 15.5. The molecule has 0 bridgehead atoms. The van der Waals surface area contributed by atoms with Crippen molar-refractivity contribution in [3.63, 3.8) is 0 Å². The summed E-state index contributed by atoms with van der Waals surface area (Å²) in [5.74, 6) is -0.383. The maximum Gasteiger partial charge on any atom is 0.325 e. The quantitative estimate of drug-likeness (QED) is 0.678. The maximum absolute atomic E-state index is 13.9. The van der Waals surface area contributed by atoms with Gasteiger partial charge < -0.3 is 14.6 Å². The van der Waals surface area contributed by atoms with Gasteiger partial charge in [0.05, 0.1) is 12.8 Å². The van der Waals surface area contributed by atoms with Crippen molar-refractivity contribution in [3.05, 3.63) is 59.4 Å². The lowest BCUT2D eigenvalue weighted by atomic mass is 9.91. The smallest absolute Gasteiger partial charge is 0.325 e. The van der Waals surface area contributed by atoms with E-state index in [1.807, 2.05) is 4.57 Å². The number of fused-ring (bicyclic) bond motifs is 3. The van der Waals surface area contributed by atoms with Crippen molar-refractivity contribution in [1.29, 1.82) is 0 Å². The second-order valence-corrected chi connectivity index (χ2v) is 6.92. The summed E-state index contributed by atoms with van der Waals surface area (Å²) in [4.78, 5) is 16.1. The highest BCUT2D eigenvalue weighted by molar-refractivity contribution is 5.87. The fourth-order valence-electron chi connectivity index (χ4n) is 3.93. The van der Waals surface area contributed by atoms with E-state index < -0.39 is 0 Å². The van der Waals surface area contributed by atoms with Gasteiger partial charge in [0.25, 0.3) is 0 Å². The number of pyridine rings is 1. The lowest BCUT2D eigenvalue weighted by molar-refractivity contribution is -0.143. The Bertz CT molecular complexity index is 1010. The highest BCUT2D eigenvalue weighted by Gasteiger charge is 2.26. The molecule has 5 nitrogen and oxygen atoms in total. The lowest BCUT2D eigenvalue weighted by Crippen LogP contribution is -2.28. The van der Waals surface area contributed by atoms with Crippen LogP contribution in [0.2, 0.25) is 0 Å². The first-order valence-electron chi connectivity index (χ1n) is 9.38. The van der Waals surface area contributed by atoms with Crippen molar-refractivity contribution in [1.82, 2.24) is 9.55 Å². The van der Waals surface area contributed by atoms with Crippen molar-refractivity contribution < 1.29 is 18.3 Å². The molecule has 0 unspecified atom stereocenters. The SMILES string of the molecule is CCOC(=O)Cn1c2c(c3cc(F)ccc31)C[C@@H](Nc1ccc(F)cn1)CC2. The molecule has 146 valence electrons. The summed E-state index contributed by atoms with van der Waals surface area (Å²) in [7, 11) is 0. The van der Waals surface area contributed by atoms with Crippen LogP contribution in [0.25, 0.3) is 10.9 Å². The molecule has 0 aliphatic heterocycles. The Hall–Kier alpha value is -2.96. The van der Waals surface area contributed by atoms with Gasteiger partial charge in [-0.25, -0.2) is 13.8 Å². The number of aromatic nitrogens is 2. The van der Waals surface area contributed by atoms with Crippen molar-refractivity contribution >= 4 is 22.7 Å². The van der Waals surface area contributed by atoms with Crippen LogP contribution < -0.4 is 5.32 Å². The number of hydrogen-bond acceptors (Lipinski definition) is 4. The summed E-state index contributed by atoms with van der Waals surface area (Å²) in [6.45, 7) is 2.21. The molecule has 0 saturated heterocycles. The Morgan fingerprint density at radius 2 is 2.11 bits per heavy atom. The molecule has 1 aromatic carbocycles. The first-order chi connectivity index (χ1) is 13.5. The monoisotopic (exact) mass is 385 g/mol. The Labute approximate surface area is 161 Å². The number of ether oxygens (including phenoxy) is 1. The van der Waals surface area contributed by atoms with Gasteiger partial charge in [0.15, 0.2) is 0 Å². The molecule has 1 aliphatic rings. The Balaban J connectivity index is 1.66. The van der Waals surface area contributed by atoms with Gasteiger partial charge in [-0.05, 0) is 62.1 Å². The van der Waals surface area contributed by atoms with E-state index in [9.17, 15) is 13.6 Å². The molecule has 0 fully saturated rings. The van der Waals surface area contributed by atoms with Crippen LogP contribution in [-0.4, -0.2) is 28.2 Å². The van der Waals surface area contributed by atoms with Crippen LogP contribution in [0.1, 0.15) is 24.6 Å². The van der Waals surface area contributed by atoms with Crippen LogP contribution in [-0.2, 0) is 28.9 Å². The fourth-order valence-corrected chi connectivity index (χ4v) is 3.93. The number of nitrogens with one attached hydrogen (secondary N) is 1. The number of anilines is 1. The Kier molecular flexibility index (Phi) is 4.98. The number of rotatable bonds is 5. The zero-order valence-corrected chi connectivity index (χ0v) is 15.5. The van der Waals surface area contributed by atoms with E-state index in [4.69, 9.17) is 4.74 Å². The molecule has 4 rings (SSSR count). The Morgan fingerprint density at radius 1 is 1.29 bits per heavy atom. The number of hydrogen-bond donors (Lipinski definition) is 1. The van der Waals surface area contributed by atoms with Crippen molar-refractivity contribution in [2.45, 2.75) is 38.8 Å². The molecular weight excluding hydrogens is 364 g/mol. The minimum Gasteiger partial charge on any atom is -0.465 e. The molecule has 28 heavy (non-hydrogen) atoms. The van der Waals surface area contributed by atoms with Crippen LogP contribution >= 0.6 is 0 Å². The van der Waals surface area contributed by atoms with Gasteiger partial charge in [-0.1, -0.05) is 0 Å². The fraction of sp³-hybridized carbons (Fsp3) is 0.333. The third-order valence-corrected chi connectivity index (χ3v) is 5.10. The molecule has 0 saturated carbocycles. The molecule has 0 amide bonds. The van der Waals surface area contributed by atoms with E-state index in [1.165, 1.54) is 24.4 Å². The van der Waals surface area contributed by atoms with Crippen molar-refractivity contribution in [3.8, 4) is 0 Å². The third kappa shape index (κ3) is 3.56. The predicted octanol–water partition coefficient (Wildman–Crippen LogP) is 3.85. The summed E-state index contributed by atoms with van der Waals surface area (Å²) in [5.41, 5.74) is 2.91. The standard InChI is InChI=1S/C21H21F2N3O2/c1-2-28-21(27)12-26-18-6-3-13(22)9-16(18)17-10-15(5-7-19(17)26)25-20-8-4-14(23)11-24-20/h3-4,6,8-9,11,15H,2,5,7,10,12H2,1H3,(H,24,25)/t15-/m0/s1. The first kappa shape index (κ1) is 18.4. The molecular formula is C21H21F2N3O2. The first-order valence-corrected chi connectivity index (χ1v) is 9.38. The number of halogens is 2. The molecule has 0 radical (unpaired) electrons. The minimum atomic E-state index is -0.381. The molecule has 2 aromatic heterocycles. The molecule has 2 heterocycles. The van der Waals surface area contributed by atoms with E-state index in [0.717, 1.165) is 35.0 Å². The number of carbonyl (C=O) groups is 1. The number of esters is 1. The topological polar surface area (TPSA) is 56.1 Å². The van der Waals surface area contributed by atoms with Crippen molar-refractivity contribution in [2.24, 2.45) is 0 Å². The van der Waals surface area contributed by atoms with Gasteiger partial charge in [-0.15, -0.1) is 0 Å². The highest BCUT2D eigenvalue weighted by Crippen LogP contribution is 2.33. The Morgan fingerprint density at radius 3 is 2.86 bits per heavy atom. The van der Waals surface area contributed by atoms with Gasteiger partial charge in [0.2, 0.25) is 0 Å². The molecule has 0 spiro atoms. The van der Waals surface area contributed by atoms with Gasteiger partial charge in [0, 0.05) is 22.6 Å². The maximum atomic E-state index is 13.9. The van der Waals surface area contributed by atoms with Crippen LogP contribution in [0.3, 0.4) is 0 Å². The van der Waals surface area contributed by atoms with E-state index in [2.05, 4.69) is 10.3 Å². The van der Waals surface area contributed by atoms with E-state index in [1.54, 1.807) is 19.1 Å². The van der Waals surface area contributed by atoms with Gasteiger partial charge in [-0.3, -0.25) is 4.79 Å². The minimum absolute atomic E-state index is 0.0929. The molecule has 3 aromatic rings. The third-order valence-electron chi connectivity index (χ3n) is 5.10. The average Bonchev–Trinajstić information content (AvgIpc) is 2.96. The van der Waals surface area contributed by atoms with E-state index in [-0.39, 0.29) is 30.2 Å². The van der Waals surface area contributed by atoms with Gasteiger partial charge in [-0.2, -0.15) is 0 Å². The largest absolute Gasteiger partial charge is 0.465 e. The van der Waals surface area contributed by atoms with Crippen LogP contribution in [0.15, 0.2) is 36.5 Å². The van der Waals surface area contributed by atoms with Crippen molar-refractivity contribution in [2.75, 3.05) is 11.9 Å². The van der Waals surface area contributed by atoms with Crippen LogP contribution in [0, 0.1) is 11.6 Å². The summed E-state index contributed by atoms with van der Waals surface area (Å²) < 4.78 is 34.0. The van der Waals surface area contributed by atoms with Gasteiger partial charge in [0.1, 0.15) is 24.0 Å². The van der Waals surface area contributed by atoms with Crippen LogP contribution in [0.4, 0.5) is 14.6 Å². The summed E-state index contributed by atoms with van der Waals surface area (Å²) in [6.07, 6.45) is 3.42. The second kappa shape index (κ2) is 7.58. The van der Waals surface area contributed by atoms with E-state index in [0.29, 0.717) is 18.8 Å². The normalized spacial score (nSPS) is 16.0. The molecule has 7 heteroatoms. The van der Waals surface area contributed by atoms with E-state index >= 15 is 0 Å². The molecule has 1 N–H and O–H groups in total. The predicted molar refractivity (Wildman–Crippen MR) is 102 cm³/mol. The molecule has 1 atom stereocenters. The van der Waals surface area contributed by atoms with Gasteiger partial charge >= 0.3 is 5.97 Å². The summed E-state index contributed by atoms with van der Waals surface area (Å²) in [6, 6.07) is 7.71. The number of nitrogens with zero attached hydrogens (tertiary/aromatic N) is 2.